The summed E-state index contributed by atoms with van der Waals surface area (Å²) in [6.07, 6.45) is 1.81. The van der Waals surface area contributed by atoms with E-state index in [0.717, 1.165) is 5.69 Å². The topological polar surface area (TPSA) is 12.9 Å². The maximum Gasteiger partial charge on any atom is 0.0415 e. The second-order valence-electron chi connectivity index (χ2n) is 2.29. The van der Waals surface area contributed by atoms with Crippen LogP contribution in [0.25, 0.3) is 0 Å². The highest BCUT2D eigenvalue weighted by atomic mass is 79.9. The van der Waals surface area contributed by atoms with E-state index < -0.39 is 0 Å². The molecule has 0 aromatic carbocycles. The van der Waals surface area contributed by atoms with E-state index in [1.54, 1.807) is 0 Å². The highest BCUT2D eigenvalue weighted by Crippen LogP contribution is 2.22. The Morgan fingerprint density at radius 2 is 2.30 bits per heavy atom. The zero-order valence-corrected chi connectivity index (χ0v) is 7.72. The van der Waals surface area contributed by atoms with Gasteiger partial charge in [0.1, 0.15) is 0 Å². The van der Waals surface area contributed by atoms with Crippen LogP contribution in [0.3, 0.4) is 0 Å². The Bertz CT molecular complexity index is 220. The normalized spacial score (nSPS) is 13.1. The number of hydrogen-bond donors (Lipinski definition) is 0. The number of alkyl halides is 1. The smallest absolute Gasteiger partial charge is 0.0415 e. The maximum absolute atomic E-state index is 4.17. The summed E-state index contributed by atoms with van der Waals surface area (Å²) in [5.41, 5.74) is 2.37. The standard InChI is InChI=1S/C8H10BrN/c1-6(9)8-4-3-5-10-7(8)2/h3-6H,1-2H3/t6-/m1/s1. The van der Waals surface area contributed by atoms with Gasteiger partial charge in [-0.05, 0) is 25.5 Å². The molecular formula is C8H10BrN. The SMILES string of the molecule is Cc1ncccc1[C@@H](C)Br. The lowest BCUT2D eigenvalue weighted by atomic mass is 10.1. The summed E-state index contributed by atoms with van der Waals surface area (Å²) in [6.45, 7) is 4.12. The third kappa shape index (κ3) is 1.57. The molecule has 1 aromatic heterocycles. The third-order valence-electron chi connectivity index (χ3n) is 1.48. The molecule has 1 nitrogen and oxygen atoms in total. The van der Waals surface area contributed by atoms with Gasteiger partial charge in [-0.15, -0.1) is 0 Å². The fourth-order valence-electron chi connectivity index (χ4n) is 0.917. The van der Waals surface area contributed by atoms with E-state index >= 15 is 0 Å². The predicted molar refractivity (Wildman–Crippen MR) is 46.3 cm³/mol. The lowest BCUT2D eigenvalue weighted by molar-refractivity contribution is 1.04. The largest absolute Gasteiger partial charge is 0.261 e. The second-order valence-corrected chi connectivity index (χ2v) is 3.67. The van der Waals surface area contributed by atoms with E-state index in [1.807, 2.05) is 19.2 Å². The quantitative estimate of drug-likeness (QED) is 0.635. The van der Waals surface area contributed by atoms with E-state index in [0.29, 0.717) is 4.83 Å². The molecule has 0 unspecified atom stereocenters. The third-order valence-corrected chi connectivity index (χ3v) is 1.97. The summed E-state index contributed by atoms with van der Waals surface area (Å²) >= 11 is 3.49. The van der Waals surface area contributed by atoms with Crippen LogP contribution in [0.2, 0.25) is 0 Å². The lowest BCUT2D eigenvalue weighted by Gasteiger charge is -2.04. The van der Waals surface area contributed by atoms with Gasteiger partial charge in [-0.2, -0.15) is 0 Å². The van der Waals surface area contributed by atoms with Crippen LogP contribution in [0, 0.1) is 6.92 Å². The summed E-state index contributed by atoms with van der Waals surface area (Å²) in [5, 5.41) is 0. The molecule has 10 heavy (non-hydrogen) atoms. The van der Waals surface area contributed by atoms with E-state index in [-0.39, 0.29) is 0 Å². The van der Waals surface area contributed by atoms with E-state index in [4.69, 9.17) is 0 Å². The Kier molecular flexibility index (Phi) is 2.44. The molecule has 0 aliphatic heterocycles. The molecule has 0 saturated heterocycles. The molecule has 0 spiro atoms. The van der Waals surface area contributed by atoms with Crippen molar-refractivity contribution in [2.75, 3.05) is 0 Å². The molecule has 1 heterocycles. The molecular weight excluding hydrogens is 190 g/mol. The fourth-order valence-corrected chi connectivity index (χ4v) is 1.40. The molecule has 0 aliphatic carbocycles. The molecule has 0 N–H and O–H groups in total. The van der Waals surface area contributed by atoms with Crippen LogP contribution in [-0.4, -0.2) is 4.98 Å². The van der Waals surface area contributed by atoms with Crippen molar-refractivity contribution in [3.05, 3.63) is 29.6 Å². The molecule has 0 saturated carbocycles. The number of rotatable bonds is 1. The Morgan fingerprint density at radius 3 is 2.70 bits per heavy atom. The van der Waals surface area contributed by atoms with Gasteiger partial charge in [0.05, 0.1) is 0 Å². The van der Waals surface area contributed by atoms with Gasteiger partial charge in [0.25, 0.3) is 0 Å². The predicted octanol–water partition coefficient (Wildman–Crippen LogP) is 2.85. The van der Waals surface area contributed by atoms with Gasteiger partial charge in [0.2, 0.25) is 0 Å². The Hall–Kier alpha value is -0.370. The van der Waals surface area contributed by atoms with Crippen molar-refractivity contribution in [3.8, 4) is 0 Å². The van der Waals surface area contributed by atoms with Gasteiger partial charge in [-0.25, -0.2) is 0 Å². The minimum Gasteiger partial charge on any atom is -0.261 e. The first-order valence-electron chi connectivity index (χ1n) is 3.27. The molecule has 0 bridgehead atoms. The van der Waals surface area contributed by atoms with Gasteiger partial charge in [-0.3, -0.25) is 4.98 Å². The molecule has 0 amide bonds. The monoisotopic (exact) mass is 199 g/mol. The number of hydrogen-bond acceptors (Lipinski definition) is 1. The summed E-state index contributed by atoms with van der Waals surface area (Å²) in [6, 6.07) is 4.04. The lowest BCUT2D eigenvalue weighted by Crippen LogP contribution is -1.90. The fraction of sp³-hybridized carbons (Fsp3) is 0.375. The molecule has 1 rings (SSSR count). The van der Waals surface area contributed by atoms with Gasteiger partial charge in [0.15, 0.2) is 0 Å². The van der Waals surface area contributed by atoms with Crippen molar-refractivity contribution >= 4 is 15.9 Å². The second kappa shape index (κ2) is 3.15. The zero-order valence-electron chi connectivity index (χ0n) is 6.13. The van der Waals surface area contributed by atoms with Crippen LogP contribution in [-0.2, 0) is 0 Å². The molecule has 1 aromatic rings. The molecule has 0 radical (unpaired) electrons. The van der Waals surface area contributed by atoms with Gasteiger partial charge < -0.3 is 0 Å². The number of aromatic nitrogens is 1. The Balaban J connectivity index is 3.03. The maximum atomic E-state index is 4.17. The van der Waals surface area contributed by atoms with Gasteiger partial charge in [-0.1, -0.05) is 22.0 Å². The Morgan fingerprint density at radius 1 is 1.60 bits per heavy atom. The van der Waals surface area contributed by atoms with E-state index in [9.17, 15) is 0 Å². The van der Waals surface area contributed by atoms with Gasteiger partial charge >= 0.3 is 0 Å². The van der Waals surface area contributed by atoms with Crippen molar-refractivity contribution in [1.29, 1.82) is 0 Å². The van der Waals surface area contributed by atoms with Crippen molar-refractivity contribution in [1.82, 2.24) is 4.98 Å². The summed E-state index contributed by atoms with van der Waals surface area (Å²) < 4.78 is 0. The minimum absolute atomic E-state index is 0.404. The first-order chi connectivity index (χ1) is 4.72. The van der Waals surface area contributed by atoms with Crippen LogP contribution in [0.5, 0.6) is 0 Å². The zero-order chi connectivity index (χ0) is 7.56. The van der Waals surface area contributed by atoms with Crippen LogP contribution < -0.4 is 0 Å². The highest BCUT2D eigenvalue weighted by molar-refractivity contribution is 9.09. The molecule has 2 heteroatoms. The molecule has 0 fully saturated rings. The molecule has 54 valence electrons. The average molecular weight is 200 g/mol. The first-order valence-corrected chi connectivity index (χ1v) is 4.19. The summed E-state index contributed by atoms with van der Waals surface area (Å²) in [4.78, 5) is 4.57. The molecule has 0 aliphatic rings. The van der Waals surface area contributed by atoms with Crippen LogP contribution in [0.4, 0.5) is 0 Å². The average Bonchev–Trinajstić information content (AvgIpc) is 1.88. The van der Waals surface area contributed by atoms with Crippen molar-refractivity contribution in [3.63, 3.8) is 0 Å². The van der Waals surface area contributed by atoms with Crippen LogP contribution in [0.15, 0.2) is 18.3 Å². The first kappa shape index (κ1) is 7.73. The summed E-state index contributed by atoms with van der Waals surface area (Å²) in [5.74, 6) is 0. The minimum atomic E-state index is 0.404. The van der Waals surface area contributed by atoms with Crippen molar-refractivity contribution in [2.24, 2.45) is 0 Å². The van der Waals surface area contributed by atoms with Gasteiger partial charge in [0, 0.05) is 16.7 Å². The summed E-state index contributed by atoms with van der Waals surface area (Å²) in [7, 11) is 0. The highest BCUT2D eigenvalue weighted by Gasteiger charge is 2.02. The van der Waals surface area contributed by atoms with Crippen LogP contribution in [0.1, 0.15) is 23.0 Å². The van der Waals surface area contributed by atoms with Crippen molar-refractivity contribution < 1.29 is 0 Å². The molecule has 1 atom stereocenters. The number of pyridine rings is 1. The number of nitrogens with zero attached hydrogens (tertiary/aromatic N) is 1. The Labute approximate surface area is 69.6 Å². The van der Waals surface area contributed by atoms with Crippen LogP contribution >= 0.6 is 15.9 Å². The van der Waals surface area contributed by atoms with E-state index in [2.05, 4.69) is 33.9 Å². The number of aryl methyl sites for hydroxylation is 1. The van der Waals surface area contributed by atoms with E-state index in [1.165, 1.54) is 5.56 Å². The van der Waals surface area contributed by atoms with Crippen molar-refractivity contribution in [2.45, 2.75) is 18.7 Å². The number of halogens is 1.